The number of carboxylic acid groups (broad SMARTS) is 1. The minimum Gasteiger partial charge on any atom is -0.479 e. The molecule has 0 aromatic heterocycles. The van der Waals surface area contributed by atoms with E-state index in [4.69, 9.17) is 29.4 Å². The van der Waals surface area contributed by atoms with Crippen LogP contribution in [-0.4, -0.2) is 162 Å². The SMILES string of the molecule is N[C@H]1C(O[C@H]2[C@H](O)[C@@H](O)C(O)O[C@@H]2C(=O)O)O[C@H](CO[C@H]2O[C@H](CO)[C@H](O)[C@H](O)[C@H]2O)[C@@H](O)[C@@H]1O. The summed E-state index contributed by atoms with van der Waals surface area (Å²) in [5.74, 6) is -1.66. The van der Waals surface area contributed by atoms with Crippen molar-refractivity contribution in [1.29, 1.82) is 0 Å². The fourth-order valence-electron chi connectivity index (χ4n) is 3.96. The van der Waals surface area contributed by atoms with Crippen molar-refractivity contribution in [2.45, 2.75) is 92.1 Å². The molecule has 2 unspecified atom stereocenters. The minimum absolute atomic E-state index is 0.624. The Morgan fingerprint density at radius 3 is 1.94 bits per heavy atom. The van der Waals surface area contributed by atoms with Gasteiger partial charge in [-0.25, -0.2) is 4.79 Å². The summed E-state index contributed by atoms with van der Waals surface area (Å²) < 4.78 is 26.1. The monoisotopic (exact) mass is 517 g/mol. The molecule has 3 aliphatic heterocycles. The van der Waals surface area contributed by atoms with Crippen LogP contribution in [0.25, 0.3) is 0 Å². The highest BCUT2D eigenvalue weighted by atomic mass is 16.7. The number of hydrogen-bond acceptors (Lipinski definition) is 16. The smallest absolute Gasteiger partial charge is 0.335 e. The maximum atomic E-state index is 11.5. The molecule has 3 saturated heterocycles. The standard InChI is InChI=1S/C18H31NO16/c19-5-8(23)7(22)4(2-31-18-12(27)9(24)6(21)3(1-20)32-18)33-17(5)35-13-10(25)11(26)16(30)34-14(13)15(28)29/h3-14,16-18,20-27,30H,1-2,19H2,(H,28,29)/t3-,4-,5-,6+,7-,8-,9+,10-,11-,12-,13+,14+,16?,17?,18+/m1/s1. The van der Waals surface area contributed by atoms with Gasteiger partial charge in [0.25, 0.3) is 0 Å². The number of rotatable bonds is 7. The molecule has 0 radical (unpaired) electrons. The van der Waals surface area contributed by atoms with Crippen LogP contribution in [0.4, 0.5) is 0 Å². The Balaban J connectivity index is 1.69. The summed E-state index contributed by atoms with van der Waals surface area (Å²) in [6.07, 6.45) is -24.3. The molecule has 3 rings (SSSR count). The first-order valence-electron chi connectivity index (χ1n) is 10.7. The Kier molecular flexibility index (Phi) is 9.35. The summed E-state index contributed by atoms with van der Waals surface area (Å²) in [7, 11) is 0. The lowest BCUT2D eigenvalue weighted by molar-refractivity contribution is -0.343. The van der Waals surface area contributed by atoms with Gasteiger partial charge in [-0.1, -0.05) is 0 Å². The van der Waals surface area contributed by atoms with Crippen LogP contribution >= 0.6 is 0 Å². The van der Waals surface area contributed by atoms with E-state index in [1.807, 2.05) is 0 Å². The Hall–Kier alpha value is -1.13. The van der Waals surface area contributed by atoms with Crippen LogP contribution in [0.3, 0.4) is 0 Å². The average molecular weight is 517 g/mol. The van der Waals surface area contributed by atoms with Crippen LogP contribution in [0.1, 0.15) is 0 Å². The van der Waals surface area contributed by atoms with E-state index in [1.54, 1.807) is 0 Å². The van der Waals surface area contributed by atoms with Gasteiger partial charge in [-0.3, -0.25) is 0 Å². The fraction of sp³-hybridized carbons (Fsp3) is 0.944. The number of carboxylic acids is 1. The normalized spacial score (nSPS) is 51.2. The van der Waals surface area contributed by atoms with Gasteiger partial charge < -0.3 is 80.5 Å². The van der Waals surface area contributed by atoms with Crippen LogP contribution in [0, 0.1) is 0 Å². The van der Waals surface area contributed by atoms with Crippen LogP contribution in [0.2, 0.25) is 0 Å². The molecule has 204 valence electrons. The number of nitrogens with two attached hydrogens (primary N) is 1. The van der Waals surface area contributed by atoms with Crippen molar-refractivity contribution >= 4 is 5.97 Å². The molecule has 0 saturated carbocycles. The molecule has 0 aliphatic carbocycles. The molecule has 35 heavy (non-hydrogen) atoms. The largest absolute Gasteiger partial charge is 0.479 e. The van der Waals surface area contributed by atoms with Crippen molar-refractivity contribution in [3.8, 4) is 0 Å². The van der Waals surface area contributed by atoms with Crippen molar-refractivity contribution in [3.63, 3.8) is 0 Å². The van der Waals surface area contributed by atoms with Gasteiger partial charge in [-0.05, 0) is 0 Å². The van der Waals surface area contributed by atoms with E-state index in [0.29, 0.717) is 0 Å². The topological polar surface area (TPSA) is 292 Å². The summed E-state index contributed by atoms with van der Waals surface area (Å²) in [5, 5.41) is 98.5. The predicted molar refractivity (Wildman–Crippen MR) is 104 cm³/mol. The first-order chi connectivity index (χ1) is 16.4. The highest BCUT2D eigenvalue weighted by molar-refractivity contribution is 5.73. The van der Waals surface area contributed by atoms with Crippen molar-refractivity contribution in [3.05, 3.63) is 0 Å². The highest BCUT2D eigenvalue weighted by Crippen LogP contribution is 2.29. The third-order valence-corrected chi connectivity index (χ3v) is 6.12. The van der Waals surface area contributed by atoms with E-state index in [-0.39, 0.29) is 0 Å². The maximum absolute atomic E-state index is 11.5. The molecular formula is C18H31NO16. The average Bonchev–Trinajstić information content (AvgIpc) is 2.82. The van der Waals surface area contributed by atoms with Gasteiger partial charge in [0.05, 0.1) is 19.3 Å². The molecule has 17 heteroatoms. The third-order valence-electron chi connectivity index (χ3n) is 6.12. The molecule has 17 nitrogen and oxygen atoms in total. The number of aliphatic carboxylic acids is 1. The van der Waals surface area contributed by atoms with Gasteiger partial charge >= 0.3 is 5.97 Å². The Bertz CT molecular complexity index is 714. The molecule has 3 aliphatic rings. The fourth-order valence-corrected chi connectivity index (χ4v) is 3.96. The predicted octanol–water partition coefficient (Wildman–Crippen LogP) is -7.51. The molecule has 15 atom stereocenters. The minimum atomic E-state index is -2.03. The van der Waals surface area contributed by atoms with E-state index >= 15 is 0 Å². The number of hydrogen-bond donors (Lipinski definition) is 11. The summed E-state index contributed by atoms with van der Waals surface area (Å²) in [5.41, 5.74) is 5.82. The van der Waals surface area contributed by atoms with E-state index in [2.05, 4.69) is 0 Å². The van der Waals surface area contributed by atoms with E-state index in [0.717, 1.165) is 0 Å². The molecule has 0 aromatic rings. The number of carbonyl (C=O) groups is 1. The van der Waals surface area contributed by atoms with Gasteiger partial charge in [0.15, 0.2) is 25.0 Å². The Labute approximate surface area is 197 Å². The van der Waals surface area contributed by atoms with Crippen molar-refractivity contribution < 1.29 is 79.5 Å². The quantitative estimate of drug-likeness (QED) is 0.149. The maximum Gasteiger partial charge on any atom is 0.335 e. The zero-order valence-electron chi connectivity index (χ0n) is 18.1. The summed E-state index contributed by atoms with van der Waals surface area (Å²) in [4.78, 5) is 11.5. The molecule has 3 fully saturated rings. The second-order valence-electron chi connectivity index (χ2n) is 8.50. The first kappa shape index (κ1) is 28.4. The highest BCUT2D eigenvalue weighted by Gasteiger charge is 2.52. The molecular weight excluding hydrogens is 486 g/mol. The number of aliphatic hydroxyl groups excluding tert-OH is 9. The Morgan fingerprint density at radius 1 is 0.743 bits per heavy atom. The molecule has 3 heterocycles. The van der Waals surface area contributed by atoms with E-state index in [9.17, 15) is 55.9 Å². The van der Waals surface area contributed by atoms with Crippen molar-refractivity contribution in [2.24, 2.45) is 5.73 Å². The summed E-state index contributed by atoms with van der Waals surface area (Å²) in [6, 6.07) is -1.49. The molecule has 0 spiro atoms. The van der Waals surface area contributed by atoms with Gasteiger partial charge in [0.1, 0.15) is 61.0 Å². The second-order valence-corrected chi connectivity index (χ2v) is 8.50. The van der Waals surface area contributed by atoms with E-state index < -0.39 is 111 Å². The van der Waals surface area contributed by atoms with Gasteiger partial charge in [0.2, 0.25) is 0 Å². The number of ether oxygens (including phenoxy) is 5. The van der Waals surface area contributed by atoms with Gasteiger partial charge in [-0.2, -0.15) is 0 Å². The molecule has 0 amide bonds. The molecule has 0 aromatic carbocycles. The third kappa shape index (κ3) is 5.74. The van der Waals surface area contributed by atoms with Crippen molar-refractivity contribution in [1.82, 2.24) is 0 Å². The lowest BCUT2D eigenvalue weighted by atomic mass is 9.96. The van der Waals surface area contributed by atoms with Crippen LogP contribution in [0.15, 0.2) is 0 Å². The van der Waals surface area contributed by atoms with E-state index in [1.165, 1.54) is 0 Å². The lowest BCUT2D eigenvalue weighted by Crippen LogP contribution is -2.67. The van der Waals surface area contributed by atoms with Crippen LogP contribution < -0.4 is 5.73 Å². The molecule has 0 bridgehead atoms. The van der Waals surface area contributed by atoms with Crippen LogP contribution in [0.5, 0.6) is 0 Å². The van der Waals surface area contributed by atoms with Crippen LogP contribution in [-0.2, 0) is 28.5 Å². The summed E-state index contributed by atoms with van der Waals surface area (Å²) in [6.45, 7) is -1.34. The van der Waals surface area contributed by atoms with Gasteiger partial charge in [0, 0.05) is 0 Å². The molecule has 12 N–H and O–H groups in total. The zero-order chi connectivity index (χ0) is 26.2. The number of aliphatic hydroxyl groups is 9. The van der Waals surface area contributed by atoms with Gasteiger partial charge in [-0.15, -0.1) is 0 Å². The summed E-state index contributed by atoms with van der Waals surface area (Å²) >= 11 is 0. The van der Waals surface area contributed by atoms with Crippen molar-refractivity contribution in [2.75, 3.05) is 13.2 Å². The lowest BCUT2D eigenvalue weighted by Gasteiger charge is -2.45. The zero-order valence-corrected chi connectivity index (χ0v) is 18.1. The second kappa shape index (κ2) is 11.5. The Morgan fingerprint density at radius 2 is 1.34 bits per heavy atom. The first-order valence-corrected chi connectivity index (χ1v) is 10.7.